The molecule has 1 saturated heterocycles. The van der Waals surface area contributed by atoms with Crippen molar-refractivity contribution in [3.05, 3.63) is 51.7 Å². The predicted octanol–water partition coefficient (Wildman–Crippen LogP) is 4.29. The number of amides is 1. The fraction of sp³-hybridized carbons (Fsp3) is 0.524. The second-order valence-electron chi connectivity index (χ2n) is 7.59. The van der Waals surface area contributed by atoms with E-state index in [0.717, 1.165) is 25.3 Å². The van der Waals surface area contributed by atoms with Crippen LogP contribution in [-0.2, 0) is 6.54 Å². The summed E-state index contributed by atoms with van der Waals surface area (Å²) in [6, 6.07) is 5.95. The molecule has 1 aromatic heterocycles. The van der Waals surface area contributed by atoms with Gasteiger partial charge >= 0.3 is 0 Å². The number of hydrogen-bond donors (Lipinski definition) is 0. The molecule has 144 valence electrons. The van der Waals surface area contributed by atoms with Gasteiger partial charge in [-0.15, -0.1) is 11.3 Å². The van der Waals surface area contributed by atoms with E-state index in [4.69, 9.17) is 4.98 Å². The summed E-state index contributed by atoms with van der Waals surface area (Å²) in [5.74, 6) is 0.220. The summed E-state index contributed by atoms with van der Waals surface area (Å²) in [6.07, 6.45) is 6.61. The molecule has 4 rings (SSSR count). The molecular formula is C21H26FN3OS. The van der Waals surface area contributed by atoms with E-state index in [1.807, 2.05) is 16.2 Å². The lowest BCUT2D eigenvalue weighted by atomic mass is 9.90. The van der Waals surface area contributed by atoms with Crippen LogP contribution in [-0.4, -0.2) is 46.9 Å². The van der Waals surface area contributed by atoms with Gasteiger partial charge in [-0.1, -0.05) is 25.3 Å². The smallest absolute Gasteiger partial charge is 0.254 e. The Morgan fingerprint density at radius 3 is 2.67 bits per heavy atom. The zero-order chi connectivity index (χ0) is 18.6. The van der Waals surface area contributed by atoms with Crippen molar-refractivity contribution in [1.29, 1.82) is 0 Å². The van der Waals surface area contributed by atoms with Crippen molar-refractivity contribution in [2.75, 3.05) is 26.2 Å². The second-order valence-corrected chi connectivity index (χ2v) is 8.48. The Morgan fingerprint density at radius 1 is 1.15 bits per heavy atom. The van der Waals surface area contributed by atoms with Gasteiger partial charge < -0.3 is 4.90 Å². The van der Waals surface area contributed by atoms with E-state index in [9.17, 15) is 9.18 Å². The van der Waals surface area contributed by atoms with Crippen molar-refractivity contribution in [1.82, 2.24) is 14.8 Å². The third kappa shape index (κ3) is 4.55. The van der Waals surface area contributed by atoms with E-state index in [2.05, 4.69) is 10.3 Å². The first-order valence-electron chi connectivity index (χ1n) is 9.90. The standard InChI is InChI=1S/C21H26FN3OS/c22-18-8-4-7-17(13-18)21(26)25-11-9-24(10-12-25)14-19-15-27-20(23-19)16-5-2-1-3-6-16/h4,7-8,13,15-16H,1-3,5-6,9-12,14H2. The van der Waals surface area contributed by atoms with Crippen molar-refractivity contribution in [3.8, 4) is 0 Å². The Balaban J connectivity index is 1.29. The molecule has 1 aliphatic carbocycles. The number of carbonyl (C=O) groups is 1. The maximum absolute atomic E-state index is 13.4. The Labute approximate surface area is 164 Å². The highest BCUT2D eigenvalue weighted by molar-refractivity contribution is 7.09. The monoisotopic (exact) mass is 387 g/mol. The number of aromatic nitrogens is 1. The summed E-state index contributed by atoms with van der Waals surface area (Å²) in [5, 5.41) is 3.51. The lowest BCUT2D eigenvalue weighted by molar-refractivity contribution is 0.0626. The molecule has 1 amide bonds. The van der Waals surface area contributed by atoms with Crippen LogP contribution in [0.5, 0.6) is 0 Å². The number of halogens is 1. The maximum Gasteiger partial charge on any atom is 0.254 e. The SMILES string of the molecule is O=C(c1cccc(F)c1)N1CCN(Cc2csc(C3CCCCC3)n2)CC1. The minimum absolute atomic E-state index is 0.0811. The van der Waals surface area contributed by atoms with E-state index in [0.29, 0.717) is 24.6 Å². The van der Waals surface area contributed by atoms with Crippen LogP contribution in [0.1, 0.15) is 59.1 Å². The van der Waals surface area contributed by atoms with Crippen LogP contribution in [0.3, 0.4) is 0 Å². The molecule has 1 aliphatic heterocycles. The van der Waals surface area contributed by atoms with Crippen molar-refractivity contribution in [2.45, 2.75) is 44.6 Å². The molecule has 4 nitrogen and oxygen atoms in total. The van der Waals surface area contributed by atoms with Crippen molar-refractivity contribution >= 4 is 17.2 Å². The molecule has 2 aliphatic rings. The summed E-state index contributed by atoms with van der Waals surface area (Å²) in [6.45, 7) is 3.86. The molecule has 1 aromatic carbocycles. The third-order valence-corrected chi connectivity index (χ3v) is 6.70. The molecular weight excluding hydrogens is 361 g/mol. The van der Waals surface area contributed by atoms with E-state index in [1.54, 1.807) is 12.1 Å². The number of carbonyl (C=O) groups excluding carboxylic acids is 1. The molecule has 0 radical (unpaired) electrons. The largest absolute Gasteiger partial charge is 0.336 e. The molecule has 0 atom stereocenters. The molecule has 0 unspecified atom stereocenters. The van der Waals surface area contributed by atoms with Crippen molar-refractivity contribution in [2.24, 2.45) is 0 Å². The predicted molar refractivity (Wildman–Crippen MR) is 106 cm³/mol. The highest BCUT2D eigenvalue weighted by Gasteiger charge is 2.24. The number of thiazole rings is 1. The van der Waals surface area contributed by atoms with Gasteiger partial charge in [-0.3, -0.25) is 9.69 Å². The zero-order valence-electron chi connectivity index (χ0n) is 15.6. The zero-order valence-corrected chi connectivity index (χ0v) is 16.4. The van der Waals surface area contributed by atoms with Crippen molar-refractivity contribution in [3.63, 3.8) is 0 Å². The Morgan fingerprint density at radius 2 is 1.93 bits per heavy atom. The van der Waals surface area contributed by atoms with E-state index in [1.165, 1.54) is 49.2 Å². The van der Waals surface area contributed by atoms with E-state index >= 15 is 0 Å². The fourth-order valence-electron chi connectivity index (χ4n) is 4.07. The molecule has 2 aromatic rings. The van der Waals surface area contributed by atoms with Crippen LogP contribution in [0.25, 0.3) is 0 Å². The quantitative estimate of drug-likeness (QED) is 0.785. The Bertz CT molecular complexity index is 779. The van der Waals surface area contributed by atoms with Gasteiger partial charge in [0.2, 0.25) is 0 Å². The molecule has 6 heteroatoms. The molecule has 0 spiro atoms. The lowest BCUT2D eigenvalue weighted by Gasteiger charge is -2.34. The number of piperazine rings is 1. The summed E-state index contributed by atoms with van der Waals surface area (Å²) in [4.78, 5) is 21.6. The molecule has 0 bridgehead atoms. The van der Waals surface area contributed by atoms with Crippen LogP contribution in [0.2, 0.25) is 0 Å². The Hall–Kier alpha value is -1.79. The third-order valence-electron chi connectivity index (χ3n) is 5.64. The van der Waals surface area contributed by atoms with Crippen LogP contribution in [0, 0.1) is 5.82 Å². The summed E-state index contributed by atoms with van der Waals surface area (Å²) in [5.41, 5.74) is 1.59. The first-order chi connectivity index (χ1) is 13.2. The van der Waals surface area contributed by atoms with Crippen LogP contribution >= 0.6 is 11.3 Å². The van der Waals surface area contributed by atoms with Gasteiger partial charge in [0.05, 0.1) is 10.7 Å². The summed E-state index contributed by atoms with van der Waals surface area (Å²) >= 11 is 1.81. The molecule has 0 N–H and O–H groups in total. The van der Waals surface area contributed by atoms with Crippen LogP contribution in [0.15, 0.2) is 29.6 Å². The summed E-state index contributed by atoms with van der Waals surface area (Å²) in [7, 11) is 0. The topological polar surface area (TPSA) is 36.4 Å². The number of nitrogens with zero attached hydrogens (tertiary/aromatic N) is 3. The molecule has 2 fully saturated rings. The average molecular weight is 388 g/mol. The highest BCUT2D eigenvalue weighted by Crippen LogP contribution is 2.34. The van der Waals surface area contributed by atoms with E-state index < -0.39 is 0 Å². The maximum atomic E-state index is 13.4. The average Bonchev–Trinajstić information content (AvgIpc) is 3.17. The highest BCUT2D eigenvalue weighted by atomic mass is 32.1. The minimum atomic E-state index is -0.364. The fourth-order valence-corrected chi connectivity index (χ4v) is 5.06. The van der Waals surface area contributed by atoms with Gasteiger partial charge in [0, 0.05) is 49.6 Å². The molecule has 2 heterocycles. The molecule has 27 heavy (non-hydrogen) atoms. The van der Waals surface area contributed by atoms with E-state index in [-0.39, 0.29) is 11.7 Å². The lowest BCUT2D eigenvalue weighted by Crippen LogP contribution is -2.48. The number of hydrogen-bond acceptors (Lipinski definition) is 4. The van der Waals surface area contributed by atoms with Gasteiger partial charge in [0.1, 0.15) is 5.82 Å². The van der Waals surface area contributed by atoms with Gasteiger partial charge in [-0.25, -0.2) is 9.37 Å². The second kappa shape index (κ2) is 8.48. The first kappa shape index (κ1) is 18.6. The van der Waals surface area contributed by atoms with Gasteiger partial charge in [0.25, 0.3) is 5.91 Å². The minimum Gasteiger partial charge on any atom is -0.336 e. The number of rotatable bonds is 4. The number of benzene rings is 1. The van der Waals surface area contributed by atoms with Crippen LogP contribution < -0.4 is 0 Å². The normalized spacial score (nSPS) is 19.4. The first-order valence-corrected chi connectivity index (χ1v) is 10.8. The van der Waals surface area contributed by atoms with Crippen molar-refractivity contribution < 1.29 is 9.18 Å². The van der Waals surface area contributed by atoms with Gasteiger partial charge in [0.15, 0.2) is 0 Å². The van der Waals surface area contributed by atoms with Gasteiger partial charge in [-0.2, -0.15) is 0 Å². The van der Waals surface area contributed by atoms with Gasteiger partial charge in [-0.05, 0) is 31.0 Å². The molecule has 1 saturated carbocycles. The summed E-state index contributed by atoms with van der Waals surface area (Å²) < 4.78 is 13.4. The Kier molecular flexibility index (Phi) is 5.83. The van der Waals surface area contributed by atoms with Crippen LogP contribution in [0.4, 0.5) is 4.39 Å².